The van der Waals surface area contributed by atoms with E-state index in [1.165, 1.54) is 11.3 Å². The van der Waals surface area contributed by atoms with E-state index in [1.807, 2.05) is 42.3 Å². The molecule has 2 aliphatic rings. The number of nitriles is 1. The Morgan fingerprint density at radius 3 is 2.71 bits per heavy atom. The van der Waals surface area contributed by atoms with E-state index >= 15 is 0 Å². The molecule has 3 aromatic rings. The Morgan fingerprint density at radius 1 is 1.17 bits per heavy atom. The van der Waals surface area contributed by atoms with Gasteiger partial charge in [0.05, 0.1) is 11.8 Å². The first-order valence-corrected chi connectivity index (χ1v) is 12.2. The van der Waals surface area contributed by atoms with Crippen molar-refractivity contribution in [3.63, 3.8) is 0 Å². The number of amides is 1. The number of aromatic nitrogens is 3. The Kier molecular flexibility index (Phi) is 5.98. The van der Waals surface area contributed by atoms with Gasteiger partial charge in [0.15, 0.2) is 0 Å². The van der Waals surface area contributed by atoms with Crippen molar-refractivity contribution in [2.45, 2.75) is 51.9 Å². The number of hydrogen-bond donors (Lipinski definition) is 1. The van der Waals surface area contributed by atoms with E-state index in [-0.39, 0.29) is 17.2 Å². The van der Waals surface area contributed by atoms with E-state index in [9.17, 15) is 4.79 Å². The van der Waals surface area contributed by atoms with Crippen LogP contribution >= 0.6 is 0 Å². The predicted molar refractivity (Wildman–Crippen MR) is 135 cm³/mol. The van der Waals surface area contributed by atoms with Crippen molar-refractivity contribution < 1.29 is 4.79 Å². The summed E-state index contributed by atoms with van der Waals surface area (Å²) in [7, 11) is 0. The smallest absolute Gasteiger partial charge is 0.253 e. The number of hydrogen-bond acceptors (Lipinski definition) is 6. The van der Waals surface area contributed by atoms with Crippen LogP contribution < -0.4 is 5.32 Å². The Morgan fingerprint density at radius 2 is 1.97 bits per heavy atom. The molecule has 1 amide bonds. The molecule has 0 unspecified atom stereocenters. The van der Waals surface area contributed by atoms with Gasteiger partial charge in [-0.05, 0) is 79.5 Å². The molecule has 7 nitrogen and oxygen atoms in total. The monoisotopic (exact) mass is 466 g/mol. The lowest BCUT2D eigenvalue weighted by Crippen LogP contribution is -2.38. The molecule has 0 saturated carbocycles. The van der Waals surface area contributed by atoms with Crippen LogP contribution in [0.1, 0.15) is 60.3 Å². The number of rotatable bonds is 4. The van der Waals surface area contributed by atoms with Gasteiger partial charge in [0.1, 0.15) is 0 Å². The largest absolute Gasteiger partial charge is 0.339 e. The third-order valence-corrected chi connectivity index (χ3v) is 7.32. The van der Waals surface area contributed by atoms with E-state index in [1.54, 1.807) is 6.20 Å². The molecule has 1 N–H and O–H groups in total. The lowest BCUT2D eigenvalue weighted by Gasteiger charge is -2.29. The fourth-order valence-electron chi connectivity index (χ4n) is 5.02. The van der Waals surface area contributed by atoms with Gasteiger partial charge < -0.3 is 10.2 Å². The molecule has 1 aromatic carbocycles. The second-order valence-corrected chi connectivity index (χ2v) is 10.2. The van der Waals surface area contributed by atoms with Crippen LogP contribution in [0.5, 0.6) is 0 Å². The number of nitrogens with zero attached hydrogens (tertiary/aromatic N) is 5. The Bertz CT molecular complexity index is 1320. The van der Waals surface area contributed by atoms with Gasteiger partial charge in [-0.1, -0.05) is 13.8 Å². The molecule has 1 aliphatic heterocycles. The zero-order valence-electron chi connectivity index (χ0n) is 20.5. The summed E-state index contributed by atoms with van der Waals surface area (Å²) in [4.78, 5) is 28.6. The molecule has 1 fully saturated rings. The van der Waals surface area contributed by atoms with Crippen molar-refractivity contribution in [2.24, 2.45) is 5.92 Å². The first kappa shape index (κ1) is 23.0. The number of nitrogens with one attached hydrogen (secondary N) is 1. The number of pyridine rings is 1. The molecule has 2 aromatic heterocycles. The highest BCUT2D eigenvalue weighted by Crippen LogP contribution is 2.38. The van der Waals surface area contributed by atoms with Crippen molar-refractivity contribution in [1.82, 2.24) is 19.9 Å². The summed E-state index contributed by atoms with van der Waals surface area (Å²) < 4.78 is 0. The lowest BCUT2D eigenvalue weighted by molar-refractivity contribution is 0.0707. The molecule has 7 heteroatoms. The fourth-order valence-corrected chi connectivity index (χ4v) is 5.02. The predicted octanol–water partition coefficient (Wildman–Crippen LogP) is 5.19. The number of anilines is 2. The average Bonchev–Trinajstić information content (AvgIpc) is 3.19. The van der Waals surface area contributed by atoms with Crippen LogP contribution in [0.3, 0.4) is 0 Å². The van der Waals surface area contributed by atoms with E-state index in [0.717, 1.165) is 48.2 Å². The van der Waals surface area contributed by atoms with Crippen LogP contribution in [0.2, 0.25) is 0 Å². The normalized spacial score (nSPS) is 17.0. The highest BCUT2D eigenvalue weighted by atomic mass is 16.2. The SMILES string of the molecule is Cc1cc(C(=O)N2CCC(C#N)CC2)ccc1Nc1nccc(-c2cnc3c(c2)C(C)(C)CC3)n1. The number of likely N-dealkylation sites (tertiary alicyclic amines) is 1. The number of carbonyl (C=O) groups excluding carboxylic acids is 1. The van der Waals surface area contributed by atoms with Crippen LogP contribution in [0.4, 0.5) is 11.6 Å². The van der Waals surface area contributed by atoms with E-state index in [4.69, 9.17) is 15.2 Å². The second kappa shape index (κ2) is 9.10. The molecule has 0 spiro atoms. The maximum absolute atomic E-state index is 12.9. The van der Waals surface area contributed by atoms with Gasteiger partial charge in [-0.2, -0.15) is 5.26 Å². The number of carbonyl (C=O) groups is 1. The maximum Gasteiger partial charge on any atom is 0.253 e. The molecule has 0 bridgehead atoms. The molecule has 0 atom stereocenters. The molecule has 1 saturated heterocycles. The lowest BCUT2D eigenvalue weighted by atomic mass is 9.86. The average molecular weight is 467 g/mol. The van der Waals surface area contributed by atoms with Crippen LogP contribution in [-0.4, -0.2) is 38.8 Å². The van der Waals surface area contributed by atoms with Crippen molar-refractivity contribution in [3.05, 3.63) is 65.1 Å². The van der Waals surface area contributed by atoms with Crippen LogP contribution in [0.25, 0.3) is 11.3 Å². The van der Waals surface area contributed by atoms with Crippen molar-refractivity contribution >= 4 is 17.5 Å². The third-order valence-electron chi connectivity index (χ3n) is 7.32. The molecular weight excluding hydrogens is 436 g/mol. The summed E-state index contributed by atoms with van der Waals surface area (Å²) >= 11 is 0. The summed E-state index contributed by atoms with van der Waals surface area (Å²) in [5.41, 5.74) is 6.89. The second-order valence-electron chi connectivity index (χ2n) is 10.2. The number of fused-ring (bicyclic) bond motifs is 1. The van der Waals surface area contributed by atoms with Gasteiger partial charge in [-0.15, -0.1) is 0 Å². The molecule has 178 valence electrons. The molecule has 5 rings (SSSR count). The minimum Gasteiger partial charge on any atom is -0.339 e. The zero-order chi connectivity index (χ0) is 24.6. The molecule has 0 radical (unpaired) electrons. The standard InChI is InChI=1S/C28H30N6O/c1-18-14-20(26(35)34-12-8-19(16-29)9-13-34)4-5-23(18)32-27-30-11-7-24(33-27)21-15-22-25(31-17-21)6-10-28(22,2)3/h4-5,7,11,14-15,17,19H,6,8-10,12-13H2,1-3H3,(H,30,32,33). The van der Waals surface area contributed by atoms with Crippen LogP contribution in [-0.2, 0) is 11.8 Å². The van der Waals surface area contributed by atoms with Crippen molar-refractivity contribution in [3.8, 4) is 17.3 Å². The maximum atomic E-state index is 12.9. The highest BCUT2D eigenvalue weighted by molar-refractivity contribution is 5.95. The summed E-state index contributed by atoms with van der Waals surface area (Å²) in [6.45, 7) is 7.76. The number of benzene rings is 1. The van der Waals surface area contributed by atoms with Crippen molar-refractivity contribution in [1.29, 1.82) is 5.26 Å². The minimum absolute atomic E-state index is 0.0151. The first-order valence-electron chi connectivity index (χ1n) is 12.2. The summed E-state index contributed by atoms with van der Waals surface area (Å²) in [6, 6.07) is 12.1. The Balaban J connectivity index is 1.32. The van der Waals surface area contributed by atoms with E-state index in [2.05, 4.69) is 36.3 Å². The Labute approximate surface area is 206 Å². The summed E-state index contributed by atoms with van der Waals surface area (Å²) in [6.07, 6.45) is 7.27. The van der Waals surface area contributed by atoms with Gasteiger partial charge in [-0.3, -0.25) is 9.78 Å². The van der Waals surface area contributed by atoms with Gasteiger partial charge in [-0.25, -0.2) is 9.97 Å². The van der Waals surface area contributed by atoms with E-state index in [0.29, 0.717) is 24.6 Å². The Hall–Kier alpha value is -3.79. The zero-order valence-corrected chi connectivity index (χ0v) is 20.5. The van der Waals surface area contributed by atoms with E-state index < -0.39 is 0 Å². The first-order chi connectivity index (χ1) is 16.8. The number of aryl methyl sites for hydroxylation is 2. The van der Waals surface area contributed by atoms with Crippen LogP contribution in [0.15, 0.2) is 42.7 Å². The van der Waals surface area contributed by atoms with Crippen molar-refractivity contribution in [2.75, 3.05) is 18.4 Å². The topological polar surface area (TPSA) is 94.8 Å². The van der Waals surface area contributed by atoms with Gasteiger partial charge in [0.2, 0.25) is 5.95 Å². The molecular formula is C28H30N6O. The molecule has 35 heavy (non-hydrogen) atoms. The van der Waals surface area contributed by atoms with Crippen LogP contribution in [0, 0.1) is 24.2 Å². The highest BCUT2D eigenvalue weighted by Gasteiger charge is 2.31. The van der Waals surface area contributed by atoms with Gasteiger partial charge >= 0.3 is 0 Å². The molecule has 1 aliphatic carbocycles. The van der Waals surface area contributed by atoms with Gasteiger partial charge in [0, 0.05) is 53.9 Å². The fraction of sp³-hybridized carbons (Fsp3) is 0.393. The molecule has 3 heterocycles. The van der Waals surface area contributed by atoms with Gasteiger partial charge in [0.25, 0.3) is 5.91 Å². The minimum atomic E-state index is 0.0151. The quantitative estimate of drug-likeness (QED) is 0.569. The third kappa shape index (κ3) is 4.61. The summed E-state index contributed by atoms with van der Waals surface area (Å²) in [5.74, 6) is 0.575. The number of piperidine rings is 1. The summed E-state index contributed by atoms with van der Waals surface area (Å²) in [5, 5.41) is 12.4.